The molecule has 3 rings (SSSR count). The number of aromatic nitrogens is 1. The van der Waals surface area contributed by atoms with Gasteiger partial charge in [0.1, 0.15) is 5.82 Å². The van der Waals surface area contributed by atoms with E-state index in [-0.39, 0.29) is 5.82 Å². The molecular weight excluding hydrogens is 281 g/mol. The first kappa shape index (κ1) is 12.3. The summed E-state index contributed by atoms with van der Waals surface area (Å²) in [5, 5.41) is 9.51. The Hall–Kier alpha value is -1.79. The molecule has 0 aliphatic rings. The summed E-state index contributed by atoms with van der Waals surface area (Å²) in [7, 11) is 0. The highest BCUT2D eigenvalue weighted by atomic mass is 32.1. The van der Waals surface area contributed by atoms with E-state index in [4.69, 9.17) is 0 Å². The van der Waals surface area contributed by atoms with Crippen LogP contribution in [0.25, 0.3) is 10.1 Å². The number of halogens is 1. The van der Waals surface area contributed by atoms with Gasteiger partial charge in [0.25, 0.3) is 0 Å². The molecule has 0 fully saturated rings. The Morgan fingerprint density at radius 2 is 2.26 bits per heavy atom. The van der Waals surface area contributed by atoms with Crippen LogP contribution in [-0.2, 0) is 0 Å². The second-order valence-electron chi connectivity index (χ2n) is 4.00. The normalized spacial score (nSPS) is 11.5. The highest BCUT2D eigenvalue weighted by Crippen LogP contribution is 2.23. The topological polar surface area (TPSA) is 37.3 Å². The van der Waals surface area contributed by atoms with Crippen molar-refractivity contribution in [3.63, 3.8) is 0 Å². The summed E-state index contributed by atoms with van der Waals surface area (Å²) in [5.74, 6) is -0.272. The number of hydrazone groups is 1. The van der Waals surface area contributed by atoms with Gasteiger partial charge in [-0.1, -0.05) is 0 Å². The van der Waals surface area contributed by atoms with Gasteiger partial charge in [-0.2, -0.15) is 5.10 Å². The number of thiophene rings is 1. The van der Waals surface area contributed by atoms with Crippen LogP contribution in [0.3, 0.4) is 0 Å². The minimum atomic E-state index is -0.272. The van der Waals surface area contributed by atoms with Crippen LogP contribution in [0.15, 0.2) is 34.1 Å². The summed E-state index contributed by atoms with van der Waals surface area (Å²) in [6.45, 7) is 1.91. The lowest BCUT2D eigenvalue weighted by molar-refractivity contribution is 0.628. The highest BCUT2D eigenvalue weighted by Gasteiger charge is 2.03. The van der Waals surface area contributed by atoms with E-state index in [2.05, 4.69) is 15.5 Å². The molecule has 1 N–H and O–H groups in total. The standard InChI is InChI=1S/C13H10FN3S2/c1-8-7-19-13(16-8)17-15-6-10-5-12-9(2-3-18-12)4-11(10)14/h2-7H,1H3,(H,16,17). The van der Waals surface area contributed by atoms with Gasteiger partial charge in [-0.05, 0) is 35.9 Å². The van der Waals surface area contributed by atoms with Gasteiger partial charge in [0.2, 0.25) is 5.13 Å². The molecule has 0 aliphatic carbocycles. The van der Waals surface area contributed by atoms with Crippen LogP contribution in [-0.4, -0.2) is 11.2 Å². The summed E-state index contributed by atoms with van der Waals surface area (Å²) < 4.78 is 14.8. The second-order valence-corrected chi connectivity index (χ2v) is 5.80. The molecule has 3 nitrogen and oxygen atoms in total. The Labute approximate surface area is 117 Å². The minimum absolute atomic E-state index is 0.272. The molecule has 2 heterocycles. The average Bonchev–Trinajstić information content (AvgIpc) is 2.98. The molecule has 1 aromatic carbocycles. The third-order valence-electron chi connectivity index (χ3n) is 2.55. The van der Waals surface area contributed by atoms with Crippen molar-refractivity contribution in [2.45, 2.75) is 6.92 Å². The van der Waals surface area contributed by atoms with Gasteiger partial charge in [0.15, 0.2) is 0 Å². The van der Waals surface area contributed by atoms with E-state index in [0.29, 0.717) is 10.7 Å². The summed E-state index contributed by atoms with van der Waals surface area (Å²) in [5.41, 5.74) is 4.20. The molecule has 0 atom stereocenters. The summed E-state index contributed by atoms with van der Waals surface area (Å²) >= 11 is 3.05. The molecule has 0 bridgehead atoms. The van der Waals surface area contributed by atoms with Gasteiger partial charge in [0.05, 0.1) is 11.9 Å². The number of anilines is 1. The van der Waals surface area contributed by atoms with E-state index in [0.717, 1.165) is 15.8 Å². The molecule has 0 spiro atoms. The third-order valence-corrected chi connectivity index (χ3v) is 4.30. The van der Waals surface area contributed by atoms with Gasteiger partial charge in [-0.3, -0.25) is 5.43 Å². The van der Waals surface area contributed by atoms with E-state index in [1.807, 2.05) is 23.8 Å². The maximum atomic E-state index is 13.8. The minimum Gasteiger partial charge on any atom is -0.253 e. The molecular formula is C13H10FN3S2. The zero-order valence-corrected chi connectivity index (χ0v) is 11.7. The predicted molar refractivity (Wildman–Crippen MR) is 79.9 cm³/mol. The van der Waals surface area contributed by atoms with Crippen LogP contribution in [0.1, 0.15) is 11.3 Å². The van der Waals surface area contributed by atoms with Crippen LogP contribution in [0, 0.1) is 12.7 Å². The summed E-state index contributed by atoms with van der Waals surface area (Å²) in [6.07, 6.45) is 1.48. The lowest BCUT2D eigenvalue weighted by Gasteiger charge is -1.98. The molecule has 2 aromatic heterocycles. The van der Waals surface area contributed by atoms with Crippen LogP contribution in [0.2, 0.25) is 0 Å². The number of rotatable bonds is 3. The number of aryl methyl sites for hydroxylation is 1. The van der Waals surface area contributed by atoms with E-state index in [1.165, 1.54) is 23.6 Å². The fourth-order valence-electron chi connectivity index (χ4n) is 1.66. The number of nitrogens with zero attached hydrogens (tertiary/aromatic N) is 2. The lowest BCUT2D eigenvalue weighted by Crippen LogP contribution is -1.92. The second kappa shape index (κ2) is 5.07. The third kappa shape index (κ3) is 2.64. The Kier molecular flexibility index (Phi) is 3.27. The molecule has 0 saturated heterocycles. The number of fused-ring (bicyclic) bond motifs is 1. The largest absolute Gasteiger partial charge is 0.253 e. The fraction of sp³-hybridized carbons (Fsp3) is 0.0769. The van der Waals surface area contributed by atoms with E-state index in [9.17, 15) is 4.39 Å². The van der Waals surface area contributed by atoms with E-state index >= 15 is 0 Å². The average molecular weight is 291 g/mol. The zero-order valence-electron chi connectivity index (χ0n) is 10.1. The Balaban J connectivity index is 1.82. The van der Waals surface area contributed by atoms with Crippen molar-refractivity contribution in [2.24, 2.45) is 5.10 Å². The maximum Gasteiger partial charge on any atom is 0.203 e. The van der Waals surface area contributed by atoms with Crippen LogP contribution >= 0.6 is 22.7 Å². The van der Waals surface area contributed by atoms with Crippen molar-refractivity contribution >= 4 is 44.1 Å². The molecule has 0 aliphatic heterocycles. The summed E-state index contributed by atoms with van der Waals surface area (Å²) in [4.78, 5) is 4.21. The number of hydrogen-bond donors (Lipinski definition) is 1. The van der Waals surface area contributed by atoms with E-state index < -0.39 is 0 Å². The van der Waals surface area contributed by atoms with Gasteiger partial charge in [-0.15, -0.1) is 22.7 Å². The van der Waals surface area contributed by atoms with Crippen molar-refractivity contribution in [3.8, 4) is 0 Å². The van der Waals surface area contributed by atoms with Gasteiger partial charge < -0.3 is 0 Å². The molecule has 0 radical (unpaired) electrons. The number of hydrogen-bond acceptors (Lipinski definition) is 5. The SMILES string of the molecule is Cc1csc(NN=Cc2cc3sccc3cc2F)n1. The van der Waals surface area contributed by atoms with Crippen molar-refractivity contribution < 1.29 is 4.39 Å². The zero-order chi connectivity index (χ0) is 13.2. The molecule has 0 saturated carbocycles. The predicted octanol–water partition coefficient (Wildman–Crippen LogP) is 4.25. The fourth-order valence-corrected chi connectivity index (χ4v) is 3.12. The van der Waals surface area contributed by atoms with E-state index in [1.54, 1.807) is 17.4 Å². The molecule has 0 unspecified atom stereocenters. The lowest BCUT2D eigenvalue weighted by atomic mass is 10.2. The van der Waals surface area contributed by atoms with Crippen molar-refractivity contribution in [3.05, 3.63) is 46.0 Å². The smallest absolute Gasteiger partial charge is 0.203 e. The van der Waals surface area contributed by atoms with Crippen molar-refractivity contribution in [1.29, 1.82) is 0 Å². The summed E-state index contributed by atoms with van der Waals surface area (Å²) in [6, 6.07) is 5.23. The number of thiazole rings is 1. The number of nitrogens with one attached hydrogen (secondary N) is 1. The van der Waals surface area contributed by atoms with Gasteiger partial charge in [-0.25, -0.2) is 9.37 Å². The molecule has 19 heavy (non-hydrogen) atoms. The first-order chi connectivity index (χ1) is 9.22. The van der Waals surface area contributed by atoms with Gasteiger partial charge >= 0.3 is 0 Å². The highest BCUT2D eigenvalue weighted by molar-refractivity contribution is 7.17. The molecule has 0 amide bonds. The monoisotopic (exact) mass is 291 g/mol. The maximum absolute atomic E-state index is 13.8. The van der Waals surface area contributed by atoms with Crippen molar-refractivity contribution in [2.75, 3.05) is 5.43 Å². The Bertz CT molecular complexity index is 745. The first-order valence-electron chi connectivity index (χ1n) is 5.60. The van der Waals surface area contributed by atoms with Crippen LogP contribution in [0.4, 0.5) is 9.52 Å². The molecule has 3 aromatic rings. The number of benzene rings is 1. The van der Waals surface area contributed by atoms with Gasteiger partial charge in [0, 0.05) is 15.6 Å². The van der Waals surface area contributed by atoms with Crippen LogP contribution in [0.5, 0.6) is 0 Å². The quantitative estimate of drug-likeness (QED) is 0.578. The molecule has 96 valence electrons. The first-order valence-corrected chi connectivity index (χ1v) is 7.36. The van der Waals surface area contributed by atoms with Crippen molar-refractivity contribution in [1.82, 2.24) is 4.98 Å². The molecule has 6 heteroatoms. The Morgan fingerprint density at radius 1 is 1.37 bits per heavy atom. The Morgan fingerprint density at radius 3 is 3.05 bits per heavy atom. The van der Waals surface area contributed by atoms with Crippen LogP contribution < -0.4 is 5.43 Å².